The van der Waals surface area contributed by atoms with Gasteiger partial charge < -0.3 is 0 Å². The Balaban J connectivity index is 0.000000686. The van der Waals surface area contributed by atoms with Gasteiger partial charge in [-0.25, -0.2) is 14.0 Å². The molecule has 0 N–H and O–H groups in total. The molecule has 2 rings (SSSR count). The highest BCUT2D eigenvalue weighted by atomic mass is 16.2. The molecule has 0 atom stereocenters. The summed E-state index contributed by atoms with van der Waals surface area (Å²) in [6, 6.07) is 7.80. The summed E-state index contributed by atoms with van der Waals surface area (Å²) in [7, 11) is 1.65. The van der Waals surface area contributed by atoms with Crippen molar-refractivity contribution in [2.45, 2.75) is 27.7 Å². The summed E-state index contributed by atoms with van der Waals surface area (Å²) >= 11 is 0. The third-order valence-electron chi connectivity index (χ3n) is 2.38. The summed E-state index contributed by atoms with van der Waals surface area (Å²) in [5.41, 5.74) is 1.92. The zero-order valence-electron chi connectivity index (χ0n) is 11.1. The quantitative estimate of drug-likeness (QED) is 0.757. The SMILES string of the molecule is CC.Cc1ccc(-n2c(C)nn(C)c2=O)cc1. The maximum Gasteiger partial charge on any atom is 0.350 e. The number of aromatic nitrogens is 3. The number of hydrogen-bond acceptors (Lipinski definition) is 2. The summed E-state index contributed by atoms with van der Waals surface area (Å²) in [6.07, 6.45) is 0. The lowest BCUT2D eigenvalue weighted by Crippen LogP contribution is -2.21. The standard InChI is InChI=1S/C11H13N3O.C2H6/c1-8-4-6-10(7-5-8)14-9(2)12-13(3)11(14)15;1-2/h4-7H,1-3H3;1-2H3. The zero-order chi connectivity index (χ0) is 13.0. The van der Waals surface area contributed by atoms with E-state index >= 15 is 0 Å². The van der Waals surface area contributed by atoms with E-state index < -0.39 is 0 Å². The average Bonchev–Trinajstić information content (AvgIpc) is 2.58. The minimum atomic E-state index is -0.114. The Morgan fingerprint density at radius 2 is 1.59 bits per heavy atom. The van der Waals surface area contributed by atoms with Crippen LogP contribution in [0.25, 0.3) is 5.69 Å². The molecule has 1 aromatic carbocycles. The van der Waals surface area contributed by atoms with Gasteiger partial charge in [-0.2, -0.15) is 5.10 Å². The predicted octanol–water partition coefficient (Wildman–Crippen LogP) is 2.21. The zero-order valence-corrected chi connectivity index (χ0v) is 11.1. The van der Waals surface area contributed by atoms with Crippen LogP contribution in [0.1, 0.15) is 25.2 Å². The van der Waals surface area contributed by atoms with E-state index in [0.717, 1.165) is 5.69 Å². The predicted molar refractivity (Wildman–Crippen MR) is 69.6 cm³/mol. The van der Waals surface area contributed by atoms with Crippen LogP contribution in [0.4, 0.5) is 0 Å². The third-order valence-corrected chi connectivity index (χ3v) is 2.38. The van der Waals surface area contributed by atoms with Crippen LogP contribution in [0.5, 0.6) is 0 Å². The van der Waals surface area contributed by atoms with Crippen molar-refractivity contribution >= 4 is 0 Å². The van der Waals surface area contributed by atoms with Crippen LogP contribution in [-0.2, 0) is 7.05 Å². The lowest BCUT2D eigenvalue weighted by molar-refractivity contribution is 0.723. The van der Waals surface area contributed by atoms with E-state index in [-0.39, 0.29) is 5.69 Å². The molecule has 0 aliphatic heterocycles. The molecule has 0 radical (unpaired) electrons. The Labute approximate surface area is 102 Å². The molecule has 2 aromatic rings. The van der Waals surface area contributed by atoms with E-state index in [1.807, 2.05) is 52.0 Å². The number of rotatable bonds is 1. The van der Waals surface area contributed by atoms with E-state index in [4.69, 9.17) is 0 Å². The molecule has 0 fully saturated rings. The van der Waals surface area contributed by atoms with E-state index in [2.05, 4.69) is 5.10 Å². The van der Waals surface area contributed by atoms with Crippen LogP contribution >= 0.6 is 0 Å². The molecule has 1 aromatic heterocycles. The minimum Gasteiger partial charge on any atom is -0.247 e. The van der Waals surface area contributed by atoms with Gasteiger partial charge in [0, 0.05) is 7.05 Å². The molecule has 0 spiro atoms. The molecule has 17 heavy (non-hydrogen) atoms. The number of nitrogens with zero attached hydrogens (tertiary/aromatic N) is 3. The molecule has 0 bridgehead atoms. The second-order valence-electron chi connectivity index (χ2n) is 3.62. The largest absolute Gasteiger partial charge is 0.350 e. The van der Waals surface area contributed by atoms with Crippen molar-refractivity contribution in [1.82, 2.24) is 14.3 Å². The fraction of sp³-hybridized carbons (Fsp3) is 0.385. The number of aryl methyl sites for hydroxylation is 3. The van der Waals surface area contributed by atoms with Crippen LogP contribution in [0.15, 0.2) is 29.1 Å². The molecule has 0 aliphatic carbocycles. The van der Waals surface area contributed by atoms with Gasteiger partial charge in [0.15, 0.2) is 0 Å². The molecule has 92 valence electrons. The van der Waals surface area contributed by atoms with Crippen molar-refractivity contribution in [3.8, 4) is 5.69 Å². The van der Waals surface area contributed by atoms with E-state index in [1.165, 1.54) is 10.2 Å². The van der Waals surface area contributed by atoms with Crippen LogP contribution in [-0.4, -0.2) is 14.3 Å². The smallest absolute Gasteiger partial charge is 0.247 e. The second-order valence-corrected chi connectivity index (χ2v) is 3.62. The highest BCUT2D eigenvalue weighted by Crippen LogP contribution is 2.08. The second kappa shape index (κ2) is 5.48. The van der Waals surface area contributed by atoms with E-state index in [0.29, 0.717) is 5.82 Å². The van der Waals surface area contributed by atoms with Crippen LogP contribution in [0, 0.1) is 13.8 Å². The molecule has 1 heterocycles. The van der Waals surface area contributed by atoms with Crippen molar-refractivity contribution in [3.63, 3.8) is 0 Å². The normalized spacial score (nSPS) is 9.71. The third kappa shape index (κ3) is 2.64. The summed E-state index contributed by atoms with van der Waals surface area (Å²) in [6.45, 7) is 7.84. The Hall–Kier alpha value is -1.84. The number of benzene rings is 1. The summed E-state index contributed by atoms with van der Waals surface area (Å²) in [5.74, 6) is 0.700. The van der Waals surface area contributed by atoms with Crippen LogP contribution < -0.4 is 5.69 Å². The van der Waals surface area contributed by atoms with Gasteiger partial charge in [-0.05, 0) is 26.0 Å². The van der Waals surface area contributed by atoms with E-state index in [9.17, 15) is 4.79 Å². The van der Waals surface area contributed by atoms with E-state index in [1.54, 1.807) is 11.6 Å². The Morgan fingerprint density at radius 3 is 2.00 bits per heavy atom. The maximum atomic E-state index is 11.7. The van der Waals surface area contributed by atoms with Gasteiger partial charge in [-0.1, -0.05) is 31.5 Å². The average molecular weight is 233 g/mol. The molecule has 0 saturated carbocycles. The van der Waals surface area contributed by atoms with Gasteiger partial charge in [0.1, 0.15) is 5.82 Å². The molecular formula is C13H19N3O. The molecule has 4 heteroatoms. The summed E-state index contributed by atoms with van der Waals surface area (Å²) in [4.78, 5) is 11.7. The minimum absolute atomic E-state index is 0.114. The topological polar surface area (TPSA) is 39.8 Å². The summed E-state index contributed by atoms with van der Waals surface area (Å²) < 4.78 is 2.94. The molecule has 0 aliphatic rings. The monoisotopic (exact) mass is 233 g/mol. The van der Waals surface area contributed by atoms with Crippen molar-refractivity contribution < 1.29 is 0 Å². The van der Waals surface area contributed by atoms with Crippen molar-refractivity contribution in [2.24, 2.45) is 7.05 Å². The van der Waals surface area contributed by atoms with Gasteiger partial charge in [0.05, 0.1) is 5.69 Å². The van der Waals surface area contributed by atoms with Crippen LogP contribution in [0.2, 0.25) is 0 Å². The van der Waals surface area contributed by atoms with Gasteiger partial charge in [0.2, 0.25) is 0 Å². The Kier molecular flexibility index (Phi) is 4.26. The van der Waals surface area contributed by atoms with Crippen molar-refractivity contribution in [2.75, 3.05) is 0 Å². The lowest BCUT2D eigenvalue weighted by Gasteiger charge is -2.02. The fourth-order valence-corrected chi connectivity index (χ4v) is 1.58. The first-order chi connectivity index (χ1) is 8.09. The lowest BCUT2D eigenvalue weighted by atomic mass is 10.2. The van der Waals surface area contributed by atoms with Crippen molar-refractivity contribution in [1.29, 1.82) is 0 Å². The maximum absolute atomic E-state index is 11.7. The molecular weight excluding hydrogens is 214 g/mol. The van der Waals surface area contributed by atoms with Gasteiger partial charge in [-0.3, -0.25) is 0 Å². The fourth-order valence-electron chi connectivity index (χ4n) is 1.58. The highest BCUT2D eigenvalue weighted by molar-refractivity contribution is 5.34. The summed E-state index contributed by atoms with van der Waals surface area (Å²) in [5, 5.41) is 4.08. The molecule has 0 unspecified atom stereocenters. The van der Waals surface area contributed by atoms with Crippen molar-refractivity contribution in [3.05, 3.63) is 46.1 Å². The Bertz CT molecular complexity index is 535. The number of hydrogen-bond donors (Lipinski definition) is 0. The first-order valence-corrected chi connectivity index (χ1v) is 5.79. The molecule has 0 amide bonds. The van der Waals surface area contributed by atoms with Crippen LogP contribution in [0.3, 0.4) is 0 Å². The first kappa shape index (κ1) is 13.2. The first-order valence-electron chi connectivity index (χ1n) is 5.79. The van der Waals surface area contributed by atoms with Gasteiger partial charge >= 0.3 is 5.69 Å². The molecule has 4 nitrogen and oxygen atoms in total. The Morgan fingerprint density at radius 1 is 1.06 bits per heavy atom. The van der Waals surface area contributed by atoms with Gasteiger partial charge in [0.25, 0.3) is 0 Å². The highest BCUT2D eigenvalue weighted by Gasteiger charge is 2.08. The van der Waals surface area contributed by atoms with Gasteiger partial charge in [-0.15, -0.1) is 0 Å². The molecule has 0 saturated heterocycles.